The van der Waals surface area contributed by atoms with Gasteiger partial charge in [-0.25, -0.2) is 0 Å². The summed E-state index contributed by atoms with van der Waals surface area (Å²) >= 11 is 5.64. The first-order valence-electron chi connectivity index (χ1n) is 6.78. The fraction of sp³-hybridized carbons (Fsp3) is 0.533. The van der Waals surface area contributed by atoms with Crippen LogP contribution in [0.25, 0.3) is 0 Å². The van der Waals surface area contributed by atoms with Gasteiger partial charge in [-0.2, -0.15) is 0 Å². The number of benzene rings is 1. The molecule has 1 heterocycles. The molecule has 0 radical (unpaired) electrons. The van der Waals surface area contributed by atoms with Gasteiger partial charge in [-0.15, -0.1) is 11.6 Å². The van der Waals surface area contributed by atoms with Crippen LogP contribution < -0.4 is 0 Å². The highest BCUT2D eigenvalue weighted by atomic mass is 35.5. The molecule has 104 valence electrons. The summed E-state index contributed by atoms with van der Waals surface area (Å²) in [6.07, 6.45) is 2.21. The Morgan fingerprint density at radius 1 is 1.42 bits per heavy atom. The summed E-state index contributed by atoms with van der Waals surface area (Å²) in [5.74, 6) is 0.147. The second kappa shape index (κ2) is 6.92. The molecular formula is C15H21ClN2O. The lowest BCUT2D eigenvalue weighted by Gasteiger charge is -2.37. The minimum atomic E-state index is 0.0551. The van der Waals surface area contributed by atoms with Crippen molar-refractivity contribution in [1.29, 1.82) is 0 Å². The van der Waals surface area contributed by atoms with Gasteiger partial charge in [0.25, 0.3) is 0 Å². The number of carbonyl (C=O) groups excluding carboxylic acids is 1. The summed E-state index contributed by atoms with van der Waals surface area (Å²) in [5, 5.41) is 0. The molecule has 1 fully saturated rings. The Morgan fingerprint density at radius 3 is 2.84 bits per heavy atom. The highest BCUT2D eigenvalue weighted by molar-refractivity contribution is 6.27. The number of nitrogens with zero attached hydrogens (tertiary/aromatic N) is 2. The Hall–Kier alpha value is -1.06. The molecule has 1 aliphatic heterocycles. The van der Waals surface area contributed by atoms with E-state index in [0.717, 1.165) is 32.5 Å². The highest BCUT2D eigenvalue weighted by Gasteiger charge is 2.25. The van der Waals surface area contributed by atoms with E-state index in [1.807, 2.05) is 11.0 Å². The fourth-order valence-corrected chi connectivity index (χ4v) is 2.80. The predicted molar refractivity (Wildman–Crippen MR) is 78.2 cm³/mol. The van der Waals surface area contributed by atoms with Crippen LogP contribution >= 0.6 is 11.6 Å². The number of halogens is 1. The van der Waals surface area contributed by atoms with E-state index in [1.165, 1.54) is 5.56 Å². The van der Waals surface area contributed by atoms with Crippen LogP contribution in [0.15, 0.2) is 30.3 Å². The van der Waals surface area contributed by atoms with Crippen molar-refractivity contribution >= 4 is 17.5 Å². The first-order chi connectivity index (χ1) is 9.20. The molecule has 1 atom stereocenters. The third kappa shape index (κ3) is 3.95. The van der Waals surface area contributed by atoms with E-state index in [2.05, 4.69) is 36.2 Å². The van der Waals surface area contributed by atoms with Gasteiger partial charge in [0.15, 0.2) is 0 Å². The number of rotatable bonds is 4. The van der Waals surface area contributed by atoms with Crippen molar-refractivity contribution < 1.29 is 4.79 Å². The van der Waals surface area contributed by atoms with E-state index in [9.17, 15) is 4.79 Å². The first kappa shape index (κ1) is 14.4. The zero-order valence-corrected chi connectivity index (χ0v) is 12.1. The Kier molecular flexibility index (Phi) is 5.23. The highest BCUT2D eigenvalue weighted by Crippen LogP contribution is 2.17. The van der Waals surface area contributed by atoms with Crippen LogP contribution in [-0.2, 0) is 11.3 Å². The quantitative estimate of drug-likeness (QED) is 0.791. The molecule has 0 saturated carbocycles. The van der Waals surface area contributed by atoms with Gasteiger partial charge in [-0.3, -0.25) is 9.69 Å². The molecule has 1 aromatic carbocycles. The topological polar surface area (TPSA) is 23.6 Å². The van der Waals surface area contributed by atoms with Crippen molar-refractivity contribution in [3.05, 3.63) is 35.9 Å². The summed E-state index contributed by atoms with van der Waals surface area (Å²) in [5.41, 5.74) is 1.31. The van der Waals surface area contributed by atoms with Gasteiger partial charge in [-0.1, -0.05) is 30.3 Å². The van der Waals surface area contributed by atoms with E-state index >= 15 is 0 Å². The maximum absolute atomic E-state index is 11.7. The number of piperidine rings is 1. The van der Waals surface area contributed by atoms with Crippen LogP contribution in [0.5, 0.6) is 0 Å². The van der Waals surface area contributed by atoms with Gasteiger partial charge < -0.3 is 4.90 Å². The average Bonchev–Trinajstić information content (AvgIpc) is 2.47. The number of alkyl halides is 1. The van der Waals surface area contributed by atoms with Crippen molar-refractivity contribution in [1.82, 2.24) is 9.80 Å². The summed E-state index contributed by atoms with van der Waals surface area (Å²) in [7, 11) is 2.13. The number of likely N-dealkylation sites (N-methyl/N-ethyl adjacent to an activating group) is 1. The van der Waals surface area contributed by atoms with Crippen LogP contribution in [0, 0.1) is 0 Å². The van der Waals surface area contributed by atoms with Gasteiger partial charge in [-0.05, 0) is 25.5 Å². The molecule has 4 heteroatoms. The minimum Gasteiger partial charge on any atom is -0.340 e. The van der Waals surface area contributed by atoms with Gasteiger partial charge in [0.05, 0.1) is 0 Å². The summed E-state index contributed by atoms with van der Waals surface area (Å²) in [6.45, 7) is 2.57. The monoisotopic (exact) mass is 280 g/mol. The van der Waals surface area contributed by atoms with E-state index in [0.29, 0.717) is 6.04 Å². The van der Waals surface area contributed by atoms with Crippen molar-refractivity contribution in [3.8, 4) is 0 Å². The normalized spacial score (nSPS) is 19.7. The summed E-state index contributed by atoms with van der Waals surface area (Å²) in [6, 6.07) is 10.9. The molecule has 3 nitrogen and oxygen atoms in total. The van der Waals surface area contributed by atoms with Crippen molar-refractivity contribution in [3.63, 3.8) is 0 Å². The molecule has 0 N–H and O–H groups in total. The van der Waals surface area contributed by atoms with E-state index in [1.54, 1.807) is 0 Å². The number of hydrogen-bond acceptors (Lipinski definition) is 2. The van der Waals surface area contributed by atoms with Crippen LogP contribution in [0.3, 0.4) is 0 Å². The Morgan fingerprint density at radius 2 is 2.16 bits per heavy atom. The molecule has 0 aliphatic carbocycles. The molecule has 0 aromatic heterocycles. The second-order valence-corrected chi connectivity index (χ2v) is 5.44. The smallest absolute Gasteiger partial charge is 0.237 e. The van der Waals surface area contributed by atoms with Crippen LogP contribution in [-0.4, -0.2) is 47.8 Å². The van der Waals surface area contributed by atoms with Crippen molar-refractivity contribution in [2.24, 2.45) is 0 Å². The molecule has 1 saturated heterocycles. The fourth-order valence-electron chi connectivity index (χ4n) is 2.63. The number of carbonyl (C=O) groups is 1. The van der Waals surface area contributed by atoms with Crippen LogP contribution in [0.2, 0.25) is 0 Å². The zero-order valence-electron chi connectivity index (χ0n) is 11.4. The standard InChI is InChI=1S/C15H21ClN2O/c1-17(11-13-6-3-2-4-7-13)14-8-5-9-18(12-14)15(19)10-16/h2-4,6-7,14H,5,8-12H2,1H3. The van der Waals surface area contributed by atoms with E-state index in [4.69, 9.17) is 11.6 Å². The Balaban J connectivity index is 1.92. The SMILES string of the molecule is CN(Cc1ccccc1)C1CCCN(C(=O)CCl)C1. The largest absolute Gasteiger partial charge is 0.340 e. The lowest BCUT2D eigenvalue weighted by Crippen LogP contribution is -2.48. The van der Waals surface area contributed by atoms with Crippen molar-refractivity contribution in [2.45, 2.75) is 25.4 Å². The average molecular weight is 281 g/mol. The Labute approximate surface area is 120 Å². The molecular weight excluding hydrogens is 260 g/mol. The third-order valence-electron chi connectivity index (χ3n) is 3.76. The van der Waals surface area contributed by atoms with Crippen LogP contribution in [0.1, 0.15) is 18.4 Å². The molecule has 1 amide bonds. The third-order valence-corrected chi connectivity index (χ3v) is 3.99. The zero-order chi connectivity index (χ0) is 13.7. The lowest BCUT2D eigenvalue weighted by molar-refractivity contribution is -0.130. The maximum Gasteiger partial charge on any atom is 0.237 e. The van der Waals surface area contributed by atoms with Crippen molar-refractivity contribution in [2.75, 3.05) is 26.0 Å². The molecule has 1 aliphatic rings. The molecule has 19 heavy (non-hydrogen) atoms. The molecule has 2 rings (SSSR count). The van der Waals surface area contributed by atoms with Gasteiger partial charge in [0, 0.05) is 25.7 Å². The molecule has 0 spiro atoms. The first-order valence-corrected chi connectivity index (χ1v) is 7.32. The minimum absolute atomic E-state index is 0.0551. The molecule has 1 unspecified atom stereocenters. The second-order valence-electron chi connectivity index (χ2n) is 5.17. The molecule has 1 aromatic rings. The molecule has 0 bridgehead atoms. The van der Waals surface area contributed by atoms with Gasteiger partial charge >= 0.3 is 0 Å². The van der Waals surface area contributed by atoms with Gasteiger partial charge in [0.1, 0.15) is 5.88 Å². The maximum atomic E-state index is 11.7. The van der Waals surface area contributed by atoms with E-state index < -0.39 is 0 Å². The Bertz CT molecular complexity index is 410. The number of hydrogen-bond donors (Lipinski definition) is 0. The summed E-state index contributed by atoms with van der Waals surface area (Å²) < 4.78 is 0. The predicted octanol–water partition coefficient (Wildman–Crippen LogP) is 2.35. The van der Waals surface area contributed by atoms with Gasteiger partial charge in [0.2, 0.25) is 5.91 Å². The number of likely N-dealkylation sites (tertiary alicyclic amines) is 1. The number of amides is 1. The van der Waals surface area contributed by atoms with Crippen LogP contribution in [0.4, 0.5) is 0 Å². The lowest BCUT2D eigenvalue weighted by atomic mass is 10.0. The summed E-state index contributed by atoms with van der Waals surface area (Å²) in [4.78, 5) is 15.9. The van der Waals surface area contributed by atoms with E-state index in [-0.39, 0.29) is 11.8 Å².